The predicted molar refractivity (Wildman–Crippen MR) is 135 cm³/mol. The maximum atomic E-state index is 12.9. The number of rotatable bonds is 5. The first-order valence-corrected chi connectivity index (χ1v) is 13.1. The van der Waals surface area contributed by atoms with Gasteiger partial charge < -0.3 is 9.64 Å². The van der Waals surface area contributed by atoms with E-state index in [1.54, 1.807) is 37.3 Å². The topological polar surface area (TPSA) is 106 Å². The summed E-state index contributed by atoms with van der Waals surface area (Å²) in [5, 5.41) is 5.13. The van der Waals surface area contributed by atoms with E-state index >= 15 is 0 Å². The number of morpholine rings is 1. The number of carbonyl (C=O) groups excluding carboxylic acids is 1. The average Bonchev–Trinajstić information content (AvgIpc) is 3.25. The minimum Gasteiger partial charge on any atom is -0.378 e. The summed E-state index contributed by atoms with van der Waals surface area (Å²) in [4.78, 5) is 19.2. The minimum absolute atomic E-state index is 0.193. The zero-order valence-corrected chi connectivity index (χ0v) is 20.9. The van der Waals surface area contributed by atoms with Gasteiger partial charge in [-0.25, -0.2) is 14.4 Å². The molecular weight excluding hydrogens is 523 g/mol. The van der Waals surface area contributed by atoms with E-state index in [4.69, 9.17) is 4.74 Å². The Balaban J connectivity index is 1.65. The van der Waals surface area contributed by atoms with Crippen molar-refractivity contribution in [1.29, 1.82) is 0 Å². The van der Waals surface area contributed by atoms with Gasteiger partial charge in [-0.05, 0) is 48.4 Å². The number of para-hydroxylation sites is 1. The van der Waals surface area contributed by atoms with Crippen molar-refractivity contribution in [3.05, 3.63) is 72.1 Å². The highest BCUT2D eigenvalue weighted by Crippen LogP contribution is 2.34. The number of carbonyl (C=O) groups is 1. The molecule has 1 saturated heterocycles. The third kappa shape index (κ3) is 4.82. The molecule has 0 saturated carbocycles. The van der Waals surface area contributed by atoms with Gasteiger partial charge in [-0.1, -0.05) is 30.3 Å². The van der Waals surface area contributed by atoms with Gasteiger partial charge in [-0.15, -0.1) is 0 Å². The van der Waals surface area contributed by atoms with Crippen LogP contribution in [-0.4, -0.2) is 60.9 Å². The second kappa shape index (κ2) is 9.72. The Bertz CT molecular complexity index is 1600. The smallest absolute Gasteiger partial charge is 0.378 e. The lowest BCUT2D eigenvalue weighted by Crippen LogP contribution is -2.40. The summed E-state index contributed by atoms with van der Waals surface area (Å²) in [6.07, 6.45) is 0. The molecule has 0 radical (unpaired) electrons. The minimum atomic E-state index is -5.93. The van der Waals surface area contributed by atoms with E-state index in [2.05, 4.69) is 15.0 Å². The van der Waals surface area contributed by atoms with Crippen LogP contribution in [0.3, 0.4) is 0 Å². The van der Waals surface area contributed by atoms with Gasteiger partial charge in [0.25, 0.3) is 5.91 Å². The number of hydrogen-bond donors (Lipinski definition) is 1. The highest BCUT2D eigenvalue weighted by atomic mass is 32.2. The number of benzene rings is 2. The van der Waals surface area contributed by atoms with Gasteiger partial charge in [0, 0.05) is 18.8 Å². The number of halogens is 3. The quantitative estimate of drug-likeness (QED) is 0.407. The molecule has 0 bridgehead atoms. The van der Waals surface area contributed by atoms with Gasteiger partial charge in [-0.3, -0.25) is 4.79 Å². The maximum Gasteiger partial charge on any atom is 0.516 e. The molecule has 0 aliphatic carbocycles. The number of pyridine rings is 1. The molecule has 0 atom stereocenters. The fourth-order valence-corrected chi connectivity index (χ4v) is 4.75. The van der Waals surface area contributed by atoms with Crippen LogP contribution >= 0.6 is 0 Å². The monoisotopic (exact) mass is 545 g/mol. The van der Waals surface area contributed by atoms with E-state index in [0.29, 0.717) is 41.1 Å². The van der Waals surface area contributed by atoms with Gasteiger partial charge >= 0.3 is 15.5 Å². The maximum absolute atomic E-state index is 12.9. The van der Waals surface area contributed by atoms with E-state index in [9.17, 15) is 26.4 Å². The first-order valence-electron chi connectivity index (χ1n) is 11.6. The molecule has 1 aliphatic heterocycles. The summed E-state index contributed by atoms with van der Waals surface area (Å²) >= 11 is 0. The molecule has 2 aromatic carbocycles. The van der Waals surface area contributed by atoms with Crippen molar-refractivity contribution in [2.45, 2.75) is 12.4 Å². The van der Waals surface area contributed by atoms with Crippen LogP contribution in [0.2, 0.25) is 0 Å². The summed E-state index contributed by atoms with van der Waals surface area (Å²) in [5.74, 6) is -1.51. The Morgan fingerprint density at radius 1 is 1.00 bits per heavy atom. The van der Waals surface area contributed by atoms with Crippen LogP contribution in [0.25, 0.3) is 27.8 Å². The lowest BCUT2D eigenvalue weighted by Gasteiger charge is -2.29. The van der Waals surface area contributed by atoms with Crippen LogP contribution in [-0.2, 0) is 14.8 Å². The SMILES string of the molecule is Cc1nn(-c2ccccc2)c2nc(C(=O)NS(=O)(=O)C(F)(F)F)cc(-c3ccc(N4CCOCC4)cc3)c12. The van der Waals surface area contributed by atoms with Crippen molar-refractivity contribution in [2.24, 2.45) is 0 Å². The number of aromatic nitrogens is 3. The van der Waals surface area contributed by atoms with Crippen LogP contribution < -0.4 is 9.62 Å². The molecule has 0 spiro atoms. The van der Waals surface area contributed by atoms with Crippen LogP contribution in [0.4, 0.5) is 18.9 Å². The number of aryl methyl sites for hydroxylation is 1. The molecule has 0 unspecified atom stereocenters. The molecule has 38 heavy (non-hydrogen) atoms. The summed E-state index contributed by atoms with van der Waals surface area (Å²) in [5.41, 5.74) is -2.71. The van der Waals surface area contributed by atoms with Gasteiger partial charge in [-0.2, -0.15) is 26.7 Å². The van der Waals surface area contributed by atoms with Gasteiger partial charge in [0.05, 0.1) is 30.0 Å². The van der Waals surface area contributed by atoms with Crippen LogP contribution in [0, 0.1) is 6.92 Å². The van der Waals surface area contributed by atoms with Gasteiger partial charge in [0.2, 0.25) is 0 Å². The molecule has 1 aliphatic rings. The predicted octanol–water partition coefficient (Wildman–Crippen LogP) is 3.81. The Hall–Kier alpha value is -3.97. The highest BCUT2D eigenvalue weighted by Gasteiger charge is 2.47. The fraction of sp³-hybridized carbons (Fsp3) is 0.240. The molecule has 5 rings (SSSR count). The van der Waals surface area contributed by atoms with E-state index in [1.165, 1.54) is 10.7 Å². The summed E-state index contributed by atoms with van der Waals surface area (Å²) in [6.45, 7) is 4.45. The average molecular weight is 546 g/mol. The Morgan fingerprint density at radius 2 is 1.66 bits per heavy atom. The van der Waals surface area contributed by atoms with E-state index < -0.39 is 27.1 Å². The lowest BCUT2D eigenvalue weighted by atomic mass is 10.0. The molecule has 1 amide bonds. The fourth-order valence-electron chi connectivity index (χ4n) is 4.29. The van der Waals surface area contributed by atoms with Gasteiger partial charge in [0.15, 0.2) is 5.65 Å². The molecule has 1 fully saturated rings. The number of sulfonamides is 1. The lowest BCUT2D eigenvalue weighted by molar-refractivity contribution is -0.0446. The van der Waals surface area contributed by atoms with Crippen molar-refractivity contribution in [2.75, 3.05) is 31.2 Å². The van der Waals surface area contributed by atoms with Crippen LogP contribution in [0.15, 0.2) is 60.7 Å². The normalized spacial score (nSPS) is 14.6. The van der Waals surface area contributed by atoms with Crippen molar-refractivity contribution in [3.63, 3.8) is 0 Å². The number of nitrogens with one attached hydrogen (secondary N) is 1. The second-order valence-corrected chi connectivity index (χ2v) is 10.3. The number of hydrogen-bond acceptors (Lipinski definition) is 7. The number of ether oxygens (including phenoxy) is 1. The number of amides is 1. The third-order valence-electron chi connectivity index (χ3n) is 6.13. The van der Waals surface area contributed by atoms with E-state index in [-0.39, 0.29) is 5.65 Å². The van der Waals surface area contributed by atoms with Crippen molar-refractivity contribution in [3.8, 4) is 16.8 Å². The summed E-state index contributed by atoms with van der Waals surface area (Å²) in [6, 6.07) is 17.6. The van der Waals surface area contributed by atoms with Crippen molar-refractivity contribution >= 4 is 32.7 Å². The first-order chi connectivity index (χ1) is 18.0. The summed E-state index contributed by atoms with van der Waals surface area (Å²) < 4.78 is 70.0. The zero-order valence-electron chi connectivity index (χ0n) is 20.1. The number of anilines is 1. The number of alkyl halides is 3. The van der Waals surface area contributed by atoms with Crippen molar-refractivity contribution in [1.82, 2.24) is 19.5 Å². The van der Waals surface area contributed by atoms with Crippen molar-refractivity contribution < 1.29 is 31.1 Å². The molecule has 13 heteroatoms. The largest absolute Gasteiger partial charge is 0.516 e. The standard InChI is InChI=1S/C25H22F3N5O4S/c1-16-22-20(17-7-9-18(10-8-17)32-11-13-37-14-12-32)15-21(24(34)31-38(35,36)25(26,27)28)29-23(22)33(30-16)19-5-3-2-4-6-19/h2-10,15H,11-14H2,1H3,(H,31,34). The highest BCUT2D eigenvalue weighted by molar-refractivity contribution is 7.90. The Labute approximate surface area is 215 Å². The number of nitrogens with zero attached hydrogens (tertiary/aromatic N) is 4. The molecule has 198 valence electrons. The van der Waals surface area contributed by atoms with Crippen LogP contribution in [0.1, 0.15) is 16.2 Å². The molecule has 9 nitrogen and oxygen atoms in total. The molecule has 4 aromatic rings. The third-order valence-corrected chi connectivity index (χ3v) is 7.20. The summed E-state index contributed by atoms with van der Waals surface area (Å²) in [7, 11) is -5.93. The van der Waals surface area contributed by atoms with E-state index in [0.717, 1.165) is 23.5 Å². The molecular formula is C25H22F3N5O4S. The number of fused-ring (bicyclic) bond motifs is 1. The van der Waals surface area contributed by atoms with Crippen LogP contribution in [0.5, 0.6) is 0 Å². The first kappa shape index (κ1) is 25.7. The molecule has 3 heterocycles. The Morgan fingerprint density at radius 3 is 2.29 bits per heavy atom. The Kier molecular flexibility index (Phi) is 6.57. The molecule has 1 N–H and O–H groups in total. The zero-order chi connectivity index (χ0) is 27.1. The second-order valence-electron chi connectivity index (χ2n) is 8.61. The van der Waals surface area contributed by atoms with E-state index in [1.807, 2.05) is 24.3 Å². The molecule has 2 aromatic heterocycles. The van der Waals surface area contributed by atoms with Gasteiger partial charge in [0.1, 0.15) is 5.69 Å².